The van der Waals surface area contributed by atoms with Gasteiger partial charge in [-0.1, -0.05) is 90.1 Å². The standard InChI is InChI=1S/C27H41NO4S2/c1-5-9-13-20(7-3)18-31-25(29)17-24(26(30)32-19-21(8-4)14-10-6-2)34-27-28-22-15-11-12-16-23(22)33-27/h11-12,15-16,20-21,24H,5-10,13-14,17-19H2,1-4H3. The average Bonchev–Trinajstić information content (AvgIpc) is 3.26. The van der Waals surface area contributed by atoms with Gasteiger partial charge in [0.15, 0.2) is 4.34 Å². The Labute approximate surface area is 213 Å². The molecule has 7 heteroatoms. The lowest BCUT2D eigenvalue weighted by Gasteiger charge is -2.19. The van der Waals surface area contributed by atoms with E-state index in [0.717, 1.165) is 65.9 Å². The molecule has 190 valence electrons. The Bertz CT molecular complexity index is 836. The number of fused-ring (bicyclic) bond motifs is 1. The number of carbonyl (C=O) groups excluding carboxylic acids is 2. The van der Waals surface area contributed by atoms with E-state index < -0.39 is 5.25 Å². The highest BCUT2D eigenvalue weighted by molar-refractivity contribution is 8.02. The van der Waals surface area contributed by atoms with E-state index in [-0.39, 0.29) is 18.4 Å². The lowest BCUT2D eigenvalue weighted by atomic mass is 10.0. The van der Waals surface area contributed by atoms with Crippen LogP contribution in [0.5, 0.6) is 0 Å². The van der Waals surface area contributed by atoms with Gasteiger partial charge < -0.3 is 9.47 Å². The van der Waals surface area contributed by atoms with Crippen molar-refractivity contribution >= 4 is 45.3 Å². The molecular formula is C27H41NO4S2. The minimum Gasteiger partial charge on any atom is -0.465 e. The molecular weight excluding hydrogens is 466 g/mol. The van der Waals surface area contributed by atoms with Crippen molar-refractivity contribution in [2.75, 3.05) is 13.2 Å². The van der Waals surface area contributed by atoms with E-state index in [1.807, 2.05) is 24.3 Å². The van der Waals surface area contributed by atoms with Crippen LogP contribution in [-0.4, -0.2) is 35.4 Å². The molecule has 34 heavy (non-hydrogen) atoms. The second-order valence-electron chi connectivity index (χ2n) is 8.90. The second kappa shape index (κ2) is 16.1. The quantitative estimate of drug-likeness (QED) is 0.162. The summed E-state index contributed by atoms with van der Waals surface area (Å²) >= 11 is 2.85. The molecule has 2 aromatic rings. The molecule has 0 bridgehead atoms. The number of hydrogen-bond donors (Lipinski definition) is 0. The van der Waals surface area contributed by atoms with Crippen LogP contribution in [0.4, 0.5) is 0 Å². The molecule has 2 rings (SSSR count). The van der Waals surface area contributed by atoms with Crippen molar-refractivity contribution in [3.63, 3.8) is 0 Å². The predicted molar refractivity (Wildman–Crippen MR) is 142 cm³/mol. The minimum absolute atomic E-state index is 0.00457. The van der Waals surface area contributed by atoms with Gasteiger partial charge in [0, 0.05) is 0 Å². The summed E-state index contributed by atoms with van der Waals surface area (Å²) < 4.78 is 13.1. The zero-order chi connectivity index (χ0) is 24.8. The number of rotatable bonds is 17. The fourth-order valence-electron chi connectivity index (χ4n) is 3.71. The summed E-state index contributed by atoms with van der Waals surface area (Å²) in [5, 5.41) is -0.660. The molecule has 3 unspecified atom stereocenters. The van der Waals surface area contributed by atoms with Crippen molar-refractivity contribution in [1.82, 2.24) is 4.98 Å². The van der Waals surface area contributed by atoms with Crippen LogP contribution >= 0.6 is 23.1 Å². The van der Waals surface area contributed by atoms with Gasteiger partial charge in [0.1, 0.15) is 5.25 Å². The molecule has 1 aromatic carbocycles. The van der Waals surface area contributed by atoms with E-state index in [1.54, 1.807) is 0 Å². The summed E-state index contributed by atoms with van der Waals surface area (Å²) in [6.45, 7) is 9.40. The van der Waals surface area contributed by atoms with E-state index >= 15 is 0 Å². The first-order valence-electron chi connectivity index (χ1n) is 12.8. The van der Waals surface area contributed by atoms with Crippen molar-refractivity contribution in [3.8, 4) is 0 Å². The van der Waals surface area contributed by atoms with Crippen LogP contribution in [0.15, 0.2) is 28.6 Å². The zero-order valence-corrected chi connectivity index (χ0v) is 22.8. The van der Waals surface area contributed by atoms with Crippen molar-refractivity contribution in [2.45, 2.75) is 95.1 Å². The molecule has 0 fully saturated rings. The summed E-state index contributed by atoms with van der Waals surface area (Å²) in [6, 6.07) is 7.89. The van der Waals surface area contributed by atoms with Crippen LogP contribution in [-0.2, 0) is 19.1 Å². The molecule has 0 radical (unpaired) electrons. The van der Waals surface area contributed by atoms with Crippen LogP contribution in [0, 0.1) is 11.8 Å². The number of carbonyl (C=O) groups is 2. The predicted octanol–water partition coefficient (Wildman–Crippen LogP) is 7.67. The normalized spacial score (nSPS) is 14.0. The third kappa shape index (κ3) is 9.95. The van der Waals surface area contributed by atoms with E-state index in [9.17, 15) is 9.59 Å². The molecule has 1 aromatic heterocycles. The molecule has 0 aliphatic heterocycles. The first kappa shape index (κ1) is 28.6. The number of hydrogen-bond acceptors (Lipinski definition) is 7. The summed E-state index contributed by atoms with van der Waals surface area (Å²) in [4.78, 5) is 30.4. The lowest BCUT2D eigenvalue weighted by Crippen LogP contribution is -2.27. The number of esters is 2. The Morgan fingerprint density at radius 2 is 1.56 bits per heavy atom. The number of para-hydroxylation sites is 1. The van der Waals surface area contributed by atoms with Gasteiger partial charge in [0.2, 0.25) is 0 Å². The Kier molecular flexibility index (Phi) is 13.6. The molecule has 0 aliphatic carbocycles. The Hall–Kier alpha value is -1.60. The van der Waals surface area contributed by atoms with E-state index in [1.165, 1.54) is 23.1 Å². The van der Waals surface area contributed by atoms with Crippen LogP contribution in [0.1, 0.15) is 85.5 Å². The maximum atomic E-state index is 13.1. The molecule has 0 amide bonds. The van der Waals surface area contributed by atoms with E-state index in [0.29, 0.717) is 25.0 Å². The minimum atomic E-state index is -0.660. The zero-order valence-electron chi connectivity index (χ0n) is 21.2. The number of aromatic nitrogens is 1. The summed E-state index contributed by atoms with van der Waals surface area (Å²) in [5.74, 6) is 0.0284. The number of thioether (sulfide) groups is 1. The van der Waals surface area contributed by atoms with Crippen LogP contribution in [0.25, 0.3) is 10.2 Å². The fraction of sp³-hybridized carbons (Fsp3) is 0.667. The highest BCUT2D eigenvalue weighted by atomic mass is 32.2. The van der Waals surface area contributed by atoms with Gasteiger partial charge in [-0.15, -0.1) is 11.3 Å². The molecule has 0 saturated carbocycles. The van der Waals surface area contributed by atoms with Crippen molar-refractivity contribution in [3.05, 3.63) is 24.3 Å². The van der Waals surface area contributed by atoms with Gasteiger partial charge in [-0.05, 0) is 36.8 Å². The summed E-state index contributed by atoms with van der Waals surface area (Å²) in [6.07, 6.45) is 8.58. The SMILES string of the molecule is CCCCC(CC)COC(=O)CC(Sc1nc2ccccc2s1)C(=O)OCC(CC)CCCC. The molecule has 0 spiro atoms. The third-order valence-corrected chi connectivity index (χ3v) is 8.47. The van der Waals surface area contributed by atoms with Crippen molar-refractivity contribution in [1.29, 1.82) is 0 Å². The largest absolute Gasteiger partial charge is 0.465 e. The van der Waals surface area contributed by atoms with E-state index in [2.05, 4.69) is 32.7 Å². The topological polar surface area (TPSA) is 65.5 Å². The molecule has 3 atom stereocenters. The van der Waals surface area contributed by atoms with Crippen molar-refractivity contribution in [2.24, 2.45) is 11.8 Å². The smallest absolute Gasteiger partial charge is 0.320 e. The highest BCUT2D eigenvalue weighted by Gasteiger charge is 2.28. The van der Waals surface area contributed by atoms with Gasteiger partial charge >= 0.3 is 11.9 Å². The Balaban J connectivity index is 2.03. The fourth-order valence-corrected chi connectivity index (χ4v) is 5.99. The second-order valence-corrected chi connectivity index (χ2v) is 11.4. The number of thiazole rings is 1. The molecule has 0 saturated heterocycles. The molecule has 0 aliphatic rings. The number of nitrogens with zero attached hydrogens (tertiary/aromatic N) is 1. The van der Waals surface area contributed by atoms with E-state index in [4.69, 9.17) is 9.47 Å². The summed E-state index contributed by atoms with van der Waals surface area (Å²) in [7, 11) is 0. The van der Waals surface area contributed by atoms with Gasteiger partial charge in [-0.25, -0.2) is 4.98 Å². The molecule has 5 nitrogen and oxygen atoms in total. The van der Waals surface area contributed by atoms with Crippen molar-refractivity contribution < 1.29 is 19.1 Å². The van der Waals surface area contributed by atoms with Gasteiger partial charge in [-0.3, -0.25) is 9.59 Å². The van der Waals surface area contributed by atoms with Crippen LogP contribution in [0.2, 0.25) is 0 Å². The average molecular weight is 508 g/mol. The maximum Gasteiger partial charge on any atom is 0.320 e. The van der Waals surface area contributed by atoms with Gasteiger partial charge in [-0.2, -0.15) is 0 Å². The lowest BCUT2D eigenvalue weighted by molar-refractivity contribution is -0.151. The van der Waals surface area contributed by atoms with Gasteiger partial charge in [0.25, 0.3) is 0 Å². The van der Waals surface area contributed by atoms with Crippen LogP contribution < -0.4 is 0 Å². The van der Waals surface area contributed by atoms with Gasteiger partial charge in [0.05, 0.1) is 29.9 Å². The Morgan fingerprint density at radius 3 is 2.15 bits per heavy atom. The first-order valence-corrected chi connectivity index (χ1v) is 14.5. The third-order valence-electron chi connectivity index (χ3n) is 6.16. The summed E-state index contributed by atoms with van der Waals surface area (Å²) in [5.41, 5.74) is 0.900. The number of benzene rings is 1. The number of ether oxygens (including phenoxy) is 2. The highest BCUT2D eigenvalue weighted by Crippen LogP contribution is 2.34. The molecule has 0 N–H and O–H groups in total. The monoisotopic (exact) mass is 507 g/mol. The Morgan fingerprint density at radius 1 is 0.941 bits per heavy atom. The number of unbranched alkanes of at least 4 members (excludes halogenated alkanes) is 2. The first-order chi connectivity index (χ1) is 16.5. The maximum absolute atomic E-state index is 13.1. The molecule has 1 heterocycles. The van der Waals surface area contributed by atoms with Crippen LogP contribution in [0.3, 0.4) is 0 Å².